The predicted octanol–water partition coefficient (Wildman–Crippen LogP) is 3.49. The maximum atomic E-state index is 12.0. The first kappa shape index (κ1) is 16.0. The second-order valence-corrected chi connectivity index (χ2v) is 6.37. The van der Waals surface area contributed by atoms with Crippen molar-refractivity contribution in [2.45, 2.75) is 39.2 Å². The van der Waals surface area contributed by atoms with Crippen LogP contribution in [0.5, 0.6) is 0 Å². The summed E-state index contributed by atoms with van der Waals surface area (Å²) < 4.78 is 5.40. The van der Waals surface area contributed by atoms with Crippen LogP contribution in [0.2, 0.25) is 0 Å². The number of carbonyl (C=O) groups is 1. The van der Waals surface area contributed by atoms with Crippen molar-refractivity contribution >= 4 is 5.97 Å². The van der Waals surface area contributed by atoms with Gasteiger partial charge in [-0.05, 0) is 31.4 Å². The van der Waals surface area contributed by atoms with Gasteiger partial charge in [0.25, 0.3) is 0 Å². The summed E-state index contributed by atoms with van der Waals surface area (Å²) in [5.41, 5.74) is 1.04. The molecular formula is C18H27NO2. The highest BCUT2D eigenvalue weighted by molar-refractivity contribution is 5.72. The highest BCUT2D eigenvalue weighted by Crippen LogP contribution is 2.25. The predicted molar refractivity (Wildman–Crippen MR) is 84.9 cm³/mol. The Morgan fingerprint density at radius 2 is 1.95 bits per heavy atom. The Morgan fingerprint density at radius 1 is 1.29 bits per heavy atom. The van der Waals surface area contributed by atoms with Crippen LogP contribution >= 0.6 is 0 Å². The van der Waals surface area contributed by atoms with E-state index in [4.69, 9.17) is 4.74 Å². The monoisotopic (exact) mass is 289 g/mol. The Bertz CT molecular complexity index is 426. The molecule has 1 fully saturated rings. The Balaban J connectivity index is 1.69. The number of hydrogen-bond acceptors (Lipinski definition) is 3. The summed E-state index contributed by atoms with van der Waals surface area (Å²) in [5, 5.41) is 0. The van der Waals surface area contributed by atoms with Crippen molar-refractivity contribution < 1.29 is 9.53 Å². The zero-order chi connectivity index (χ0) is 15.1. The third-order valence-electron chi connectivity index (χ3n) is 4.26. The minimum atomic E-state index is -0.0999. The SMILES string of the molecule is CC(CN(C)CC1CCCC1)C(=O)OCc1ccccc1. The standard InChI is InChI=1S/C18H27NO2/c1-15(12-19(2)13-16-8-6-7-9-16)18(20)21-14-17-10-4-3-5-11-17/h3-5,10-11,15-16H,6-9,12-14H2,1-2H3. The number of nitrogens with zero attached hydrogens (tertiary/aromatic N) is 1. The van der Waals surface area contributed by atoms with E-state index >= 15 is 0 Å². The first-order chi connectivity index (χ1) is 10.1. The van der Waals surface area contributed by atoms with Crippen molar-refractivity contribution in [3.8, 4) is 0 Å². The van der Waals surface area contributed by atoms with Gasteiger partial charge in [-0.25, -0.2) is 0 Å². The summed E-state index contributed by atoms with van der Waals surface area (Å²) in [7, 11) is 2.11. The van der Waals surface area contributed by atoms with Crippen LogP contribution in [0.3, 0.4) is 0 Å². The van der Waals surface area contributed by atoms with Gasteiger partial charge in [0.1, 0.15) is 6.61 Å². The van der Waals surface area contributed by atoms with Crippen LogP contribution in [-0.4, -0.2) is 31.0 Å². The first-order valence-electron chi connectivity index (χ1n) is 8.04. The quantitative estimate of drug-likeness (QED) is 0.720. The Kier molecular flexibility index (Phi) is 6.24. The van der Waals surface area contributed by atoms with Crippen LogP contribution < -0.4 is 0 Å². The third-order valence-corrected chi connectivity index (χ3v) is 4.26. The summed E-state index contributed by atoms with van der Waals surface area (Å²) in [6.07, 6.45) is 5.43. The topological polar surface area (TPSA) is 29.5 Å². The number of rotatable bonds is 7. The van der Waals surface area contributed by atoms with Gasteiger partial charge in [-0.2, -0.15) is 0 Å². The molecule has 0 radical (unpaired) electrons. The number of esters is 1. The lowest BCUT2D eigenvalue weighted by molar-refractivity contribution is -0.149. The molecule has 1 aromatic carbocycles. The molecule has 0 spiro atoms. The van der Waals surface area contributed by atoms with Crippen LogP contribution in [0.15, 0.2) is 30.3 Å². The van der Waals surface area contributed by atoms with Crippen LogP contribution in [0.25, 0.3) is 0 Å². The van der Waals surface area contributed by atoms with E-state index in [1.165, 1.54) is 25.7 Å². The fourth-order valence-corrected chi connectivity index (χ4v) is 3.12. The molecule has 0 aliphatic heterocycles. The summed E-state index contributed by atoms with van der Waals surface area (Å²) in [5.74, 6) is 0.653. The van der Waals surface area contributed by atoms with E-state index in [0.717, 1.165) is 24.6 Å². The molecule has 3 nitrogen and oxygen atoms in total. The molecule has 0 bridgehead atoms. The highest BCUT2D eigenvalue weighted by Gasteiger charge is 2.20. The summed E-state index contributed by atoms with van der Waals surface area (Å²) >= 11 is 0. The number of hydrogen-bond donors (Lipinski definition) is 0. The summed E-state index contributed by atoms with van der Waals surface area (Å²) in [6, 6.07) is 9.84. The lowest BCUT2D eigenvalue weighted by Crippen LogP contribution is -2.32. The molecule has 0 heterocycles. The molecule has 116 valence electrons. The van der Waals surface area contributed by atoms with Crippen LogP contribution in [0.1, 0.15) is 38.2 Å². The fourth-order valence-electron chi connectivity index (χ4n) is 3.12. The molecule has 1 saturated carbocycles. The van der Waals surface area contributed by atoms with Gasteiger partial charge in [-0.1, -0.05) is 50.1 Å². The van der Waals surface area contributed by atoms with E-state index < -0.39 is 0 Å². The zero-order valence-corrected chi connectivity index (χ0v) is 13.3. The van der Waals surface area contributed by atoms with Crippen molar-refractivity contribution in [2.75, 3.05) is 20.1 Å². The molecule has 0 aromatic heterocycles. The average molecular weight is 289 g/mol. The van der Waals surface area contributed by atoms with Crippen molar-refractivity contribution in [3.05, 3.63) is 35.9 Å². The minimum absolute atomic E-state index is 0.0693. The second kappa shape index (κ2) is 8.18. The van der Waals surface area contributed by atoms with Gasteiger partial charge < -0.3 is 9.64 Å². The number of ether oxygens (including phenoxy) is 1. The van der Waals surface area contributed by atoms with Gasteiger partial charge in [0, 0.05) is 13.1 Å². The normalized spacial score (nSPS) is 17.1. The highest BCUT2D eigenvalue weighted by atomic mass is 16.5. The molecule has 0 amide bonds. The largest absolute Gasteiger partial charge is 0.461 e. The third kappa shape index (κ3) is 5.50. The minimum Gasteiger partial charge on any atom is -0.461 e. The fraction of sp³-hybridized carbons (Fsp3) is 0.611. The van der Waals surface area contributed by atoms with Crippen LogP contribution in [0, 0.1) is 11.8 Å². The van der Waals surface area contributed by atoms with E-state index in [1.54, 1.807) is 0 Å². The van der Waals surface area contributed by atoms with Gasteiger partial charge in [0.15, 0.2) is 0 Å². The first-order valence-corrected chi connectivity index (χ1v) is 8.04. The zero-order valence-electron chi connectivity index (χ0n) is 13.3. The molecule has 2 rings (SSSR count). The molecular weight excluding hydrogens is 262 g/mol. The molecule has 1 atom stereocenters. The Hall–Kier alpha value is -1.35. The van der Waals surface area contributed by atoms with Crippen molar-refractivity contribution in [1.82, 2.24) is 4.90 Å². The van der Waals surface area contributed by atoms with Gasteiger partial charge >= 0.3 is 5.97 Å². The average Bonchev–Trinajstić information content (AvgIpc) is 2.98. The number of carbonyl (C=O) groups excluding carboxylic acids is 1. The molecule has 1 aliphatic rings. The lowest BCUT2D eigenvalue weighted by atomic mass is 10.1. The second-order valence-electron chi connectivity index (χ2n) is 6.37. The van der Waals surface area contributed by atoms with Crippen molar-refractivity contribution in [2.24, 2.45) is 11.8 Å². The molecule has 21 heavy (non-hydrogen) atoms. The molecule has 3 heteroatoms. The Morgan fingerprint density at radius 3 is 2.62 bits per heavy atom. The van der Waals surface area contributed by atoms with E-state index in [2.05, 4.69) is 11.9 Å². The smallest absolute Gasteiger partial charge is 0.310 e. The number of benzene rings is 1. The summed E-state index contributed by atoms with van der Waals surface area (Å²) in [4.78, 5) is 14.3. The van der Waals surface area contributed by atoms with Crippen molar-refractivity contribution in [1.29, 1.82) is 0 Å². The van der Waals surface area contributed by atoms with Crippen LogP contribution in [0.4, 0.5) is 0 Å². The maximum absolute atomic E-state index is 12.0. The van der Waals surface area contributed by atoms with Crippen molar-refractivity contribution in [3.63, 3.8) is 0 Å². The van der Waals surface area contributed by atoms with Gasteiger partial charge in [0.05, 0.1) is 5.92 Å². The molecule has 1 unspecified atom stereocenters. The van der Waals surface area contributed by atoms with E-state index in [-0.39, 0.29) is 11.9 Å². The van der Waals surface area contributed by atoms with E-state index in [0.29, 0.717) is 6.61 Å². The summed E-state index contributed by atoms with van der Waals surface area (Å²) in [6.45, 7) is 4.22. The van der Waals surface area contributed by atoms with E-state index in [9.17, 15) is 4.79 Å². The maximum Gasteiger partial charge on any atom is 0.310 e. The van der Waals surface area contributed by atoms with Gasteiger partial charge in [-0.3, -0.25) is 4.79 Å². The molecule has 0 N–H and O–H groups in total. The lowest BCUT2D eigenvalue weighted by Gasteiger charge is -2.23. The molecule has 1 aromatic rings. The Labute approximate surface area is 128 Å². The molecule has 0 saturated heterocycles. The molecule has 1 aliphatic carbocycles. The van der Waals surface area contributed by atoms with Gasteiger partial charge in [0.2, 0.25) is 0 Å². The van der Waals surface area contributed by atoms with Crippen LogP contribution in [-0.2, 0) is 16.1 Å². The van der Waals surface area contributed by atoms with Gasteiger partial charge in [-0.15, -0.1) is 0 Å². The van der Waals surface area contributed by atoms with E-state index in [1.807, 2.05) is 37.3 Å².